The minimum Gasteiger partial charge on any atom is -0.497 e. The van der Waals surface area contributed by atoms with Crippen LogP contribution in [0.3, 0.4) is 0 Å². The normalized spacial score (nSPS) is 15.9. The van der Waals surface area contributed by atoms with E-state index in [1.807, 2.05) is 0 Å². The Morgan fingerprint density at radius 2 is 2.08 bits per heavy atom. The van der Waals surface area contributed by atoms with Crippen molar-refractivity contribution in [2.24, 2.45) is 11.8 Å². The van der Waals surface area contributed by atoms with Gasteiger partial charge in [0.15, 0.2) is 0 Å². The SMILES string of the molecule is COc1ccc(C(=O)NCC2CCN(CCO)CC2)c(OCC(C)C)c1. The molecular weight excluding hydrogens is 332 g/mol. The smallest absolute Gasteiger partial charge is 0.255 e. The lowest BCUT2D eigenvalue weighted by atomic mass is 9.96. The van der Waals surface area contributed by atoms with Gasteiger partial charge in [0.1, 0.15) is 11.5 Å². The highest BCUT2D eigenvalue weighted by molar-refractivity contribution is 5.97. The van der Waals surface area contributed by atoms with E-state index in [1.54, 1.807) is 25.3 Å². The molecule has 2 N–H and O–H groups in total. The van der Waals surface area contributed by atoms with Crippen LogP contribution in [-0.2, 0) is 0 Å². The van der Waals surface area contributed by atoms with Crippen molar-refractivity contribution in [2.75, 3.05) is 46.5 Å². The van der Waals surface area contributed by atoms with E-state index in [1.165, 1.54) is 0 Å². The molecule has 0 unspecified atom stereocenters. The zero-order chi connectivity index (χ0) is 18.9. The Hall–Kier alpha value is -1.79. The van der Waals surface area contributed by atoms with Crippen LogP contribution in [0.2, 0.25) is 0 Å². The molecule has 26 heavy (non-hydrogen) atoms. The van der Waals surface area contributed by atoms with Gasteiger partial charge in [0.2, 0.25) is 0 Å². The number of hydrogen-bond acceptors (Lipinski definition) is 5. The number of rotatable bonds is 9. The van der Waals surface area contributed by atoms with Gasteiger partial charge in [-0.1, -0.05) is 13.8 Å². The van der Waals surface area contributed by atoms with Gasteiger partial charge < -0.3 is 24.8 Å². The van der Waals surface area contributed by atoms with Crippen LogP contribution in [0, 0.1) is 11.8 Å². The van der Waals surface area contributed by atoms with Crippen molar-refractivity contribution >= 4 is 5.91 Å². The number of benzene rings is 1. The Morgan fingerprint density at radius 3 is 2.69 bits per heavy atom. The van der Waals surface area contributed by atoms with E-state index in [0.717, 1.165) is 32.5 Å². The van der Waals surface area contributed by atoms with Crippen molar-refractivity contribution in [2.45, 2.75) is 26.7 Å². The predicted octanol–water partition coefficient (Wildman–Crippen LogP) is 2.16. The molecule has 146 valence electrons. The molecule has 0 spiro atoms. The van der Waals surface area contributed by atoms with E-state index < -0.39 is 0 Å². The maximum Gasteiger partial charge on any atom is 0.255 e. The molecule has 1 amide bonds. The number of aliphatic hydroxyl groups is 1. The van der Waals surface area contributed by atoms with Crippen LogP contribution >= 0.6 is 0 Å². The maximum absolute atomic E-state index is 12.6. The molecule has 6 nitrogen and oxygen atoms in total. The highest BCUT2D eigenvalue weighted by Crippen LogP contribution is 2.25. The number of carbonyl (C=O) groups excluding carboxylic acids is 1. The Balaban J connectivity index is 1.92. The summed E-state index contributed by atoms with van der Waals surface area (Å²) in [6, 6.07) is 5.31. The lowest BCUT2D eigenvalue weighted by Gasteiger charge is -2.31. The van der Waals surface area contributed by atoms with Crippen molar-refractivity contribution < 1.29 is 19.4 Å². The third-order valence-corrected chi connectivity index (χ3v) is 4.68. The summed E-state index contributed by atoms with van der Waals surface area (Å²) in [6.07, 6.45) is 2.08. The standard InChI is InChI=1S/C20H32N2O4/c1-15(2)14-26-19-12-17(25-3)4-5-18(19)20(24)21-13-16-6-8-22(9-7-16)10-11-23/h4-5,12,15-16,23H,6-11,13-14H2,1-3H3,(H,21,24). The van der Waals surface area contributed by atoms with Gasteiger partial charge in [0.05, 0.1) is 25.9 Å². The fourth-order valence-electron chi connectivity index (χ4n) is 3.08. The van der Waals surface area contributed by atoms with Gasteiger partial charge in [-0.15, -0.1) is 0 Å². The van der Waals surface area contributed by atoms with Crippen LogP contribution in [0.25, 0.3) is 0 Å². The second-order valence-electron chi connectivity index (χ2n) is 7.29. The quantitative estimate of drug-likeness (QED) is 0.703. The van der Waals surface area contributed by atoms with E-state index in [2.05, 4.69) is 24.1 Å². The Labute approximate surface area is 156 Å². The fraction of sp³-hybridized carbons (Fsp3) is 0.650. The van der Waals surface area contributed by atoms with E-state index >= 15 is 0 Å². The van der Waals surface area contributed by atoms with E-state index in [4.69, 9.17) is 14.6 Å². The number of nitrogens with zero attached hydrogens (tertiary/aromatic N) is 1. The first-order valence-electron chi connectivity index (χ1n) is 9.45. The average Bonchev–Trinajstić information content (AvgIpc) is 2.65. The van der Waals surface area contributed by atoms with Gasteiger partial charge in [-0.3, -0.25) is 4.79 Å². The Kier molecular flexibility index (Phi) is 8.19. The molecule has 1 fully saturated rings. The van der Waals surface area contributed by atoms with Crippen molar-refractivity contribution in [3.05, 3.63) is 23.8 Å². The van der Waals surface area contributed by atoms with Gasteiger partial charge in [-0.25, -0.2) is 0 Å². The fourth-order valence-corrected chi connectivity index (χ4v) is 3.08. The summed E-state index contributed by atoms with van der Waals surface area (Å²) in [5.41, 5.74) is 0.546. The average molecular weight is 364 g/mol. The van der Waals surface area contributed by atoms with Gasteiger partial charge in [-0.05, 0) is 49.9 Å². The van der Waals surface area contributed by atoms with E-state index in [9.17, 15) is 4.79 Å². The van der Waals surface area contributed by atoms with Crippen molar-refractivity contribution in [1.82, 2.24) is 10.2 Å². The van der Waals surface area contributed by atoms with Crippen LogP contribution in [-0.4, -0.2) is 62.4 Å². The van der Waals surface area contributed by atoms with Crippen molar-refractivity contribution in [1.29, 1.82) is 0 Å². The monoisotopic (exact) mass is 364 g/mol. The van der Waals surface area contributed by atoms with Crippen molar-refractivity contribution in [3.8, 4) is 11.5 Å². The number of likely N-dealkylation sites (tertiary alicyclic amines) is 1. The summed E-state index contributed by atoms with van der Waals surface area (Å²) in [5.74, 6) is 1.99. The molecule has 0 atom stereocenters. The number of amides is 1. The van der Waals surface area contributed by atoms with Crippen molar-refractivity contribution in [3.63, 3.8) is 0 Å². The number of ether oxygens (including phenoxy) is 2. The van der Waals surface area contributed by atoms with Crippen LogP contribution in [0.5, 0.6) is 11.5 Å². The number of methoxy groups -OCH3 is 1. The topological polar surface area (TPSA) is 71.0 Å². The molecule has 1 heterocycles. The molecule has 1 aliphatic heterocycles. The molecule has 2 rings (SSSR count). The minimum absolute atomic E-state index is 0.107. The van der Waals surface area contributed by atoms with E-state index in [-0.39, 0.29) is 12.5 Å². The second-order valence-corrected chi connectivity index (χ2v) is 7.29. The van der Waals surface area contributed by atoms with Gasteiger partial charge >= 0.3 is 0 Å². The molecule has 6 heteroatoms. The number of β-amino-alcohol motifs (C(OH)–C–C–N with tert-alkyl or cyclic N) is 1. The zero-order valence-corrected chi connectivity index (χ0v) is 16.2. The summed E-state index contributed by atoms with van der Waals surface area (Å²) < 4.78 is 11.1. The summed E-state index contributed by atoms with van der Waals surface area (Å²) >= 11 is 0. The molecule has 0 aliphatic carbocycles. The lowest BCUT2D eigenvalue weighted by molar-refractivity contribution is 0.0928. The Bertz CT molecular complexity index is 569. The van der Waals surface area contributed by atoms with Crippen LogP contribution in [0.15, 0.2) is 18.2 Å². The number of aliphatic hydroxyl groups excluding tert-OH is 1. The molecule has 1 saturated heterocycles. The Morgan fingerprint density at radius 1 is 1.35 bits per heavy atom. The predicted molar refractivity (Wildman–Crippen MR) is 102 cm³/mol. The largest absolute Gasteiger partial charge is 0.497 e. The van der Waals surface area contributed by atoms with Gasteiger partial charge in [-0.2, -0.15) is 0 Å². The molecule has 1 aromatic carbocycles. The second kappa shape index (κ2) is 10.4. The summed E-state index contributed by atoms with van der Waals surface area (Å²) in [7, 11) is 1.60. The van der Waals surface area contributed by atoms with Gasteiger partial charge in [0.25, 0.3) is 5.91 Å². The molecule has 1 aromatic rings. The lowest BCUT2D eigenvalue weighted by Crippen LogP contribution is -2.39. The van der Waals surface area contributed by atoms with Gasteiger partial charge in [0, 0.05) is 19.2 Å². The highest BCUT2D eigenvalue weighted by atomic mass is 16.5. The number of nitrogens with one attached hydrogen (secondary N) is 1. The maximum atomic E-state index is 12.6. The molecular formula is C20H32N2O4. The minimum atomic E-state index is -0.107. The molecule has 0 bridgehead atoms. The molecule has 0 radical (unpaired) electrons. The molecule has 0 saturated carbocycles. The summed E-state index contributed by atoms with van der Waals surface area (Å²) in [4.78, 5) is 14.9. The first kappa shape index (κ1) is 20.5. The number of carbonyl (C=O) groups is 1. The highest BCUT2D eigenvalue weighted by Gasteiger charge is 2.20. The first-order chi connectivity index (χ1) is 12.5. The molecule has 0 aromatic heterocycles. The third-order valence-electron chi connectivity index (χ3n) is 4.68. The van der Waals surface area contributed by atoms with E-state index in [0.29, 0.717) is 42.0 Å². The molecule has 1 aliphatic rings. The summed E-state index contributed by atoms with van der Waals surface area (Å²) in [6.45, 7) is 8.27. The first-order valence-corrected chi connectivity index (χ1v) is 9.45. The van der Waals surface area contributed by atoms with Crippen LogP contribution < -0.4 is 14.8 Å². The van der Waals surface area contributed by atoms with Crippen LogP contribution in [0.1, 0.15) is 37.0 Å². The summed E-state index contributed by atoms with van der Waals surface area (Å²) in [5, 5.41) is 12.1. The number of piperidine rings is 1. The third kappa shape index (κ3) is 6.18. The zero-order valence-electron chi connectivity index (χ0n) is 16.2. The number of hydrogen-bond donors (Lipinski definition) is 2. The van der Waals surface area contributed by atoms with Crippen LogP contribution in [0.4, 0.5) is 0 Å².